The largest absolute Gasteiger partial charge is 0.0776 e. The molecule has 1 aliphatic carbocycles. The van der Waals surface area contributed by atoms with Gasteiger partial charge in [0.25, 0.3) is 0 Å². The summed E-state index contributed by atoms with van der Waals surface area (Å²) in [5.74, 6) is 0. The first kappa shape index (κ1) is 32.4. The van der Waals surface area contributed by atoms with Crippen LogP contribution in [-0.4, -0.2) is 0 Å². The lowest BCUT2D eigenvalue weighted by molar-refractivity contribution is 0.504. The highest BCUT2D eigenvalue weighted by Crippen LogP contribution is 2.15. The molecule has 0 aliphatic heterocycles. The van der Waals surface area contributed by atoms with Crippen LogP contribution in [0.2, 0.25) is 0 Å². The summed E-state index contributed by atoms with van der Waals surface area (Å²) in [4.78, 5) is 0. The first-order valence-electron chi connectivity index (χ1n) is 3.00. The second-order valence-electron chi connectivity index (χ2n) is 1.41. The van der Waals surface area contributed by atoms with Crippen LogP contribution in [0.3, 0.4) is 0 Å². The van der Waals surface area contributed by atoms with Gasteiger partial charge in [-0.3, -0.25) is 0 Å². The molecule has 1 rings (SSSR count). The van der Waals surface area contributed by atoms with Crippen molar-refractivity contribution in [3.05, 3.63) is 0 Å². The fraction of sp³-hybridized carbons (Fsp3) is 1.00. The SMILES string of the molecule is C.C.C.C.C1CCC1.CC. The van der Waals surface area contributed by atoms with Crippen molar-refractivity contribution in [3.8, 4) is 0 Å². The van der Waals surface area contributed by atoms with E-state index in [1.54, 1.807) is 0 Å². The van der Waals surface area contributed by atoms with E-state index in [-0.39, 0.29) is 29.7 Å². The molecule has 0 aromatic heterocycles. The molecule has 0 nitrogen and oxygen atoms in total. The van der Waals surface area contributed by atoms with Crippen molar-refractivity contribution in [3.63, 3.8) is 0 Å². The molecule has 0 radical (unpaired) electrons. The molecule has 1 fully saturated rings. The van der Waals surface area contributed by atoms with Gasteiger partial charge in [-0.15, -0.1) is 0 Å². The van der Waals surface area contributed by atoms with Gasteiger partial charge in [-0.25, -0.2) is 0 Å². The van der Waals surface area contributed by atoms with Crippen molar-refractivity contribution in [1.29, 1.82) is 0 Å². The Bertz CT molecular complexity index is 8.00. The first-order chi connectivity index (χ1) is 3.00. The molecule has 0 spiro atoms. The van der Waals surface area contributed by atoms with Crippen LogP contribution in [0.15, 0.2) is 0 Å². The fourth-order valence-corrected chi connectivity index (χ4v) is 0.250. The summed E-state index contributed by atoms with van der Waals surface area (Å²) in [5.41, 5.74) is 0. The van der Waals surface area contributed by atoms with Crippen LogP contribution >= 0.6 is 0 Å². The molecule has 0 bridgehead atoms. The van der Waals surface area contributed by atoms with E-state index in [1.165, 1.54) is 25.7 Å². The summed E-state index contributed by atoms with van der Waals surface area (Å²) >= 11 is 0. The Labute approximate surface area is 70.0 Å². The lowest BCUT2D eigenvalue weighted by Gasteiger charge is -2.05. The molecule has 0 saturated heterocycles. The second kappa shape index (κ2) is 36.0. The van der Waals surface area contributed by atoms with Crippen molar-refractivity contribution in [1.82, 2.24) is 0 Å². The lowest BCUT2D eigenvalue weighted by atomic mass is 10.0. The summed E-state index contributed by atoms with van der Waals surface area (Å²) in [6, 6.07) is 0. The van der Waals surface area contributed by atoms with Crippen LogP contribution in [0, 0.1) is 0 Å². The quantitative estimate of drug-likeness (QED) is 0.449. The maximum atomic E-state index is 2.00. The molecule has 0 heterocycles. The third-order valence-electron chi connectivity index (χ3n) is 1.000. The Morgan fingerprint density at radius 1 is 0.500 bits per heavy atom. The molecule has 10 heavy (non-hydrogen) atoms. The summed E-state index contributed by atoms with van der Waals surface area (Å²) in [5, 5.41) is 0. The van der Waals surface area contributed by atoms with Gasteiger partial charge < -0.3 is 0 Å². The minimum atomic E-state index is 0. The maximum absolute atomic E-state index is 2.00. The predicted molar refractivity (Wildman–Crippen MR) is 56.7 cm³/mol. The van der Waals surface area contributed by atoms with E-state index in [0.717, 1.165) is 0 Å². The zero-order valence-corrected chi connectivity index (χ0v) is 4.83. The number of hydrogen-bond acceptors (Lipinski definition) is 0. The molecule has 1 saturated carbocycles. The van der Waals surface area contributed by atoms with E-state index in [9.17, 15) is 0 Å². The van der Waals surface area contributed by atoms with Crippen molar-refractivity contribution in [2.24, 2.45) is 0 Å². The molecule has 0 unspecified atom stereocenters. The Morgan fingerprint density at radius 2 is 0.600 bits per heavy atom. The van der Waals surface area contributed by atoms with Gasteiger partial charge in [0.15, 0.2) is 0 Å². The van der Waals surface area contributed by atoms with Crippen molar-refractivity contribution >= 4 is 0 Å². The Balaban J connectivity index is -0.0000000132. The van der Waals surface area contributed by atoms with E-state index in [2.05, 4.69) is 0 Å². The minimum Gasteiger partial charge on any atom is -0.0776 e. The predicted octanol–water partition coefficient (Wildman–Crippen LogP) is 5.13. The van der Waals surface area contributed by atoms with Crippen molar-refractivity contribution in [2.45, 2.75) is 69.2 Å². The van der Waals surface area contributed by atoms with Crippen LogP contribution < -0.4 is 0 Å². The molecular formula is C10H30. The molecular weight excluding hydrogens is 120 g/mol. The third kappa shape index (κ3) is 24.5. The van der Waals surface area contributed by atoms with E-state index in [0.29, 0.717) is 0 Å². The molecule has 0 aromatic carbocycles. The minimum absolute atomic E-state index is 0. The van der Waals surface area contributed by atoms with E-state index in [4.69, 9.17) is 0 Å². The Morgan fingerprint density at radius 3 is 0.600 bits per heavy atom. The maximum Gasteiger partial charge on any atom is -0.0533 e. The zero-order valence-electron chi connectivity index (χ0n) is 4.83. The molecule has 0 aromatic rings. The summed E-state index contributed by atoms with van der Waals surface area (Å²) in [6.45, 7) is 4.00. The van der Waals surface area contributed by atoms with Crippen LogP contribution in [0.1, 0.15) is 69.2 Å². The summed E-state index contributed by atoms with van der Waals surface area (Å²) in [7, 11) is 0. The highest BCUT2D eigenvalue weighted by atomic mass is 14.0. The fourth-order valence-electron chi connectivity index (χ4n) is 0.250. The molecule has 0 atom stereocenters. The average molecular weight is 150 g/mol. The topological polar surface area (TPSA) is 0 Å². The van der Waals surface area contributed by atoms with Crippen LogP contribution in [0.25, 0.3) is 0 Å². The number of hydrogen-bond donors (Lipinski definition) is 0. The van der Waals surface area contributed by atoms with Gasteiger partial charge in [0.1, 0.15) is 0 Å². The van der Waals surface area contributed by atoms with Crippen molar-refractivity contribution < 1.29 is 0 Å². The van der Waals surface area contributed by atoms with Gasteiger partial charge in [-0.1, -0.05) is 69.2 Å². The molecule has 0 heteroatoms. The van der Waals surface area contributed by atoms with Crippen molar-refractivity contribution in [2.75, 3.05) is 0 Å². The second-order valence-corrected chi connectivity index (χ2v) is 1.41. The molecule has 1 aliphatic rings. The number of rotatable bonds is 0. The monoisotopic (exact) mass is 150 g/mol. The van der Waals surface area contributed by atoms with Gasteiger partial charge in [0, 0.05) is 0 Å². The standard InChI is InChI=1S/C4H8.C2H6.4CH4/c1-2-4-3-1;1-2;;;;/h1-4H2;1-2H3;4*1H4. The highest BCUT2D eigenvalue weighted by Gasteiger charge is 1.95. The van der Waals surface area contributed by atoms with Gasteiger partial charge in [0.2, 0.25) is 0 Å². The first-order valence-corrected chi connectivity index (χ1v) is 3.00. The summed E-state index contributed by atoms with van der Waals surface area (Å²) < 4.78 is 0. The third-order valence-corrected chi connectivity index (χ3v) is 1.000. The van der Waals surface area contributed by atoms with Gasteiger partial charge in [-0.05, 0) is 0 Å². The van der Waals surface area contributed by atoms with Gasteiger partial charge >= 0.3 is 0 Å². The van der Waals surface area contributed by atoms with Crippen LogP contribution in [-0.2, 0) is 0 Å². The van der Waals surface area contributed by atoms with E-state index in [1.807, 2.05) is 13.8 Å². The van der Waals surface area contributed by atoms with Crippen LogP contribution in [0.5, 0.6) is 0 Å². The van der Waals surface area contributed by atoms with Gasteiger partial charge in [0.05, 0.1) is 0 Å². The molecule has 70 valence electrons. The Kier molecular flexibility index (Phi) is 117. The molecule has 0 N–H and O–H groups in total. The smallest absolute Gasteiger partial charge is 0.0533 e. The molecule has 0 amide bonds. The normalized spacial score (nSPS) is 10.2. The average Bonchev–Trinajstić information content (AvgIpc) is 1.36. The summed E-state index contributed by atoms with van der Waals surface area (Å²) in [6.07, 6.45) is 6.00. The van der Waals surface area contributed by atoms with Crippen LogP contribution in [0.4, 0.5) is 0 Å². The lowest BCUT2D eigenvalue weighted by Crippen LogP contribution is -1.85. The highest BCUT2D eigenvalue weighted by molar-refractivity contribution is 4.50. The Hall–Kier alpha value is 0. The van der Waals surface area contributed by atoms with Gasteiger partial charge in [-0.2, -0.15) is 0 Å². The van der Waals surface area contributed by atoms with E-state index >= 15 is 0 Å². The zero-order chi connectivity index (χ0) is 4.83. The van der Waals surface area contributed by atoms with E-state index < -0.39 is 0 Å².